The molecule has 0 aliphatic carbocycles. The SMILES string of the molecule is COCCN1CC(C)CN(C)CC1CC(=O)O. The number of likely N-dealkylation sites (N-methyl/N-ethyl adjacent to an activating group) is 1. The molecule has 0 spiro atoms. The van der Waals surface area contributed by atoms with E-state index in [4.69, 9.17) is 9.84 Å². The van der Waals surface area contributed by atoms with E-state index in [9.17, 15) is 4.79 Å². The molecule has 1 aliphatic heterocycles. The predicted molar refractivity (Wildman–Crippen MR) is 66.2 cm³/mol. The van der Waals surface area contributed by atoms with Gasteiger partial charge in [-0.2, -0.15) is 0 Å². The second kappa shape index (κ2) is 6.93. The first kappa shape index (κ1) is 14.4. The molecule has 5 heteroatoms. The van der Waals surface area contributed by atoms with E-state index in [0.29, 0.717) is 12.5 Å². The zero-order chi connectivity index (χ0) is 12.8. The van der Waals surface area contributed by atoms with Crippen LogP contribution in [0, 0.1) is 5.92 Å². The van der Waals surface area contributed by atoms with Gasteiger partial charge in [0, 0.05) is 39.3 Å². The Kier molecular flexibility index (Phi) is 5.88. The van der Waals surface area contributed by atoms with Crippen molar-refractivity contribution in [2.45, 2.75) is 19.4 Å². The fourth-order valence-electron chi connectivity index (χ4n) is 2.57. The highest BCUT2D eigenvalue weighted by Crippen LogP contribution is 2.15. The molecular weight excluding hydrogens is 220 g/mol. The van der Waals surface area contributed by atoms with Gasteiger partial charge < -0.3 is 14.7 Å². The van der Waals surface area contributed by atoms with Crippen LogP contribution in [0.5, 0.6) is 0 Å². The molecule has 100 valence electrons. The summed E-state index contributed by atoms with van der Waals surface area (Å²) in [5, 5.41) is 8.98. The van der Waals surface area contributed by atoms with E-state index in [0.717, 1.165) is 26.2 Å². The van der Waals surface area contributed by atoms with Crippen molar-refractivity contribution >= 4 is 5.97 Å². The maximum absolute atomic E-state index is 10.9. The van der Waals surface area contributed by atoms with Crippen molar-refractivity contribution in [3.05, 3.63) is 0 Å². The van der Waals surface area contributed by atoms with Gasteiger partial charge in [0.25, 0.3) is 0 Å². The molecule has 1 rings (SSSR count). The van der Waals surface area contributed by atoms with Gasteiger partial charge in [-0.05, 0) is 13.0 Å². The highest BCUT2D eigenvalue weighted by Gasteiger charge is 2.27. The lowest BCUT2D eigenvalue weighted by Crippen LogP contribution is -2.43. The maximum Gasteiger partial charge on any atom is 0.304 e. The van der Waals surface area contributed by atoms with Crippen molar-refractivity contribution < 1.29 is 14.6 Å². The molecule has 0 aromatic carbocycles. The van der Waals surface area contributed by atoms with Crippen LogP contribution in [0.1, 0.15) is 13.3 Å². The number of carbonyl (C=O) groups is 1. The molecule has 0 radical (unpaired) electrons. The normalized spacial score (nSPS) is 27.9. The highest BCUT2D eigenvalue weighted by atomic mass is 16.5. The number of hydrogen-bond acceptors (Lipinski definition) is 4. The van der Waals surface area contributed by atoms with E-state index in [1.165, 1.54) is 0 Å². The largest absolute Gasteiger partial charge is 0.481 e. The van der Waals surface area contributed by atoms with Gasteiger partial charge in [-0.1, -0.05) is 6.92 Å². The Hall–Kier alpha value is -0.650. The maximum atomic E-state index is 10.9. The minimum absolute atomic E-state index is 0.0950. The topological polar surface area (TPSA) is 53.0 Å². The van der Waals surface area contributed by atoms with Crippen LogP contribution in [0.4, 0.5) is 0 Å². The van der Waals surface area contributed by atoms with Crippen molar-refractivity contribution in [3.63, 3.8) is 0 Å². The van der Waals surface area contributed by atoms with Crippen LogP contribution < -0.4 is 0 Å². The molecule has 0 aromatic rings. The number of hydrogen-bond donors (Lipinski definition) is 1. The first-order valence-corrected chi connectivity index (χ1v) is 6.16. The monoisotopic (exact) mass is 244 g/mol. The second-order valence-electron chi connectivity index (χ2n) is 5.07. The van der Waals surface area contributed by atoms with Crippen LogP contribution in [0.25, 0.3) is 0 Å². The number of carboxylic acids is 1. The minimum atomic E-state index is -0.722. The standard InChI is InChI=1S/C12H24N2O3/c1-10-7-13(2)9-11(6-12(15)16)14(8-10)4-5-17-3/h10-11H,4-9H2,1-3H3,(H,15,16). The molecule has 2 unspecified atom stereocenters. The van der Waals surface area contributed by atoms with Crippen molar-refractivity contribution in [2.24, 2.45) is 5.92 Å². The zero-order valence-electron chi connectivity index (χ0n) is 11.1. The number of carboxylic acid groups (broad SMARTS) is 1. The van der Waals surface area contributed by atoms with Gasteiger partial charge in [0.1, 0.15) is 0 Å². The molecule has 17 heavy (non-hydrogen) atoms. The molecule has 0 amide bonds. The van der Waals surface area contributed by atoms with Gasteiger partial charge in [-0.15, -0.1) is 0 Å². The lowest BCUT2D eigenvalue weighted by molar-refractivity contribution is -0.138. The Morgan fingerprint density at radius 1 is 1.41 bits per heavy atom. The fourth-order valence-corrected chi connectivity index (χ4v) is 2.57. The minimum Gasteiger partial charge on any atom is -0.481 e. The van der Waals surface area contributed by atoms with Crippen molar-refractivity contribution in [3.8, 4) is 0 Å². The summed E-state index contributed by atoms with van der Waals surface area (Å²) in [5.74, 6) is -0.156. The summed E-state index contributed by atoms with van der Waals surface area (Å²) in [6, 6.07) is 0.0950. The predicted octanol–water partition coefficient (Wildman–Crippen LogP) is 0.360. The molecule has 1 fully saturated rings. The Labute approximate surface area is 103 Å². The average molecular weight is 244 g/mol. The van der Waals surface area contributed by atoms with Crippen LogP contribution in [0.2, 0.25) is 0 Å². The van der Waals surface area contributed by atoms with Crippen molar-refractivity contribution in [2.75, 3.05) is 46.9 Å². The molecule has 1 aliphatic rings. The molecular formula is C12H24N2O3. The molecule has 0 saturated carbocycles. The molecule has 1 saturated heterocycles. The number of aliphatic carboxylic acids is 1. The number of methoxy groups -OCH3 is 1. The van der Waals surface area contributed by atoms with E-state index in [1.54, 1.807) is 7.11 Å². The Balaban J connectivity index is 2.65. The van der Waals surface area contributed by atoms with E-state index < -0.39 is 5.97 Å². The number of nitrogens with zero attached hydrogens (tertiary/aromatic N) is 2. The average Bonchev–Trinajstić information content (AvgIpc) is 2.33. The van der Waals surface area contributed by atoms with E-state index in [1.807, 2.05) is 0 Å². The first-order valence-electron chi connectivity index (χ1n) is 6.16. The van der Waals surface area contributed by atoms with Gasteiger partial charge in [-0.3, -0.25) is 9.69 Å². The van der Waals surface area contributed by atoms with Gasteiger partial charge in [0.15, 0.2) is 0 Å². The number of ether oxygens (including phenoxy) is 1. The molecule has 1 heterocycles. The highest BCUT2D eigenvalue weighted by molar-refractivity contribution is 5.67. The van der Waals surface area contributed by atoms with Crippen LogP contribution in [0.15, 0.2) is 0 Å². The van der Waals surface area contributed by atoms with Crippen LogP contribution >= 0.6 is 0 Å². The lowest BCUT2D eigenvalue weighted by atomic mass is 10.1. The smallest absolute Gasteiger partial charge is 0.304 e. The summed E-state index contributed by atoms with van der Waals surface area (Å²) >= 11 is 0. The van der Waals surface area contributed by atoms with Crippen molar-refractivity contribution in [1.29, 1.82) is 0 Å². The molecule has 2 atom stereocenters. The Bertz CT molecular complexity index is 248. The summed E-state index contributed by atoms with van der Waals surface area (Å²) < 4.78 is 5.10. The summed E-state index contributed by atoms with van der Waals surface area (Å²) in [6.07, 6.45) is 0.209. The van der Waals surface area contributed by atoms with Gasteiger partial charge in [0.05, 0.1) is 13.0 Å². The molecule has 5 nitrogen and oxygen atoms in total. The molecule has 0 bridgehead atoms. The second-order valence-corrected chi connectivity index (χ2v) is 5.07. The fraction of sp³-hybridized carbons (Fsp3) is 0.917. The van der Waals surface area contributed by atoms with Crippen LogP contribution in [-0.4, -0.2) is 73.9 Å². The van der Waals surface area contributed by atoms with Crippen LogP contribution in [0.3, 0.4) is 0 Å². The Morgan fingerprint density at radius 2 is 2.12 bits per heavy atom. The summed E-state index contributed by atoms with van der Waals surface area (Å²) in [4.78, 5) is 15.4. The van der Waals surface area contributed by atoms with Crippen LogP contribution in [-0.2, 0) is 9.53 Å². The lowest BCUT2D eigenvalue weighted by Gasteiger charge is -2.30. The third-order valence-corrected chi connectivity index (χ3v) is 3.20. The van der Waals surface area contributed by atoms with E-state index in [2.05, 4.69) is 23.8 Å². The number of rotatable bonds is 5. The van der Waals surface area contributed by atoms with Gasteiger partial charge in [-0.25, -0.2) is 0 Å². The summed E-state index contributed by atoms with van der Waals surface area (Å²) in [6.45, 7) is 6.48. The zero-order valence-corrected chi connectivity index (χ0v) is 11.1. The third-order valence-electron chi connectivity index (χ3n) is 3.20. The summed E-state index contributed by atoms with van der Waals surface area (Å²) in [5.41, 5.74) is 0. The third kappa shape index (κ3) is 5.02. The van der Waals surface area contributed by atoms with Gasteiger partial charge in [0.2, 0.25) is 0 Å². The quantitative estimate of drug-likeness (QED) is 0.757. The van der Waals surface area contributed by atoms with Gasteiger partial charge >= 0.3 is 5.97 Å². The molecule has 0 aromatic heterocycles. The Morgan fingerprint density at radius 3 is 2.71 bits per heavy atom. The van der Waals surface area contributed by atoms with E-state index in [-0.39, 0.29) is 12.5 Å². The van der Waals surface area contributed by atoms with E-state index >= 15 is 0 Å². The first-order chi connectivity index (χ1) is 8.02. The molecule has 1 N–H and O–H groups in total. The van der Waals surface area contributed by atoms with Crippen molar-refractivity contribution in [1.82, 2.24) is 9.80 Å². The summed E-state index contributed by atoms with van der Waals surface area (Å²) in [7, 11) is 3.74.